The van der Waals surface area contributed by atoms with Gasteiger partial charge >= 0.3 is 0 Å². The van der Waals surface area contributed by atoms with Crippen LogP contribution in [0, 0.1) is 0 Å². The van der Waals surface area contributed by atoms with Gasteiger partial charge in [0, 0.05) is 28.5 Å². The second kappa shape index (κ2) is 14.5. The van der Waals surface area contributed by atoms with Gasteiger partial charge < -0.3 is 9.73 Å². The first kappa shape index (κ1) is 32.8. The molecular weight excluding hydrogens is 659 g/mol. The summed E-state index contributed by atoms with van der Waals surface area (Å²) in [6.07, 6.45) is 4.34. The third kappa shape index (κ3) is 6.46. The molecule has 0 saturated heterocycles. The lowest BCUT2D eigenvalue weighted by Gasteiger charge is -2.23. The minimum absolute atomic E-state index is 0.298. The number of hydrogen-bond donors (Lipinski definition) is 1. The van der Waals surface area contributed by atoms with Gasteiger partial charge in [-0.1, -0.05) is 183 Å². The zero-order chi connectivity index (χ0) is 36.3. The molecule has 7 aromatic carbocycles. The lowest BCUT2D eigenvalue weighted by atomic mass is 9.91. The molecule has 9 rings (SSSR count). The second-order valence-electron chi connectivity index (χ2n) is 13.4. The molecule has 2 heterocycles. The molecule has 0 fully saturated rings. The Hall–Kier alpha value is -7.04. The van der Waals surface area contributed by atoms with Gasteiger partial charge in [-0.2, -0.15) is 0 Å². The van der Waals surface area contributed by atoms with Crippen LogP contribution >= 0.6 is 0 Å². The predicted octanol–water partition coefficient (Wildman–Crippen LogP) is 12.0. The van der Waals surface area contributed by atoms with Crippen LogP contribution in [0.25, 0.3) is 55.6 Å². The smallest absolute Gasteiger partial charge is 0.159 e. The number of para-hydroxylation sites is 1. The highest BCUT2D eigenvalue weighted by molar-refractivity contribution is 6.13. The van der Waals surface area contributed by atoms with Crippen LogP contribution in [0.5, 0.6) is 0 Å². The summed E-state index contributed by atoms with van der Waals surface area (Å²) in [5.41, 5.74) is 10.7. The largest absolute Gasteiger partial charge is 0.456 e. The standard InChI is InChI=1S/C50H37N3O/c1-2-34(40-30-31-41(37-18-8-4-9-19-37)43-23-13-12-22-42(40)43)32-47-45(44-24-14-15-25-46(44)54-47)33-48-51-49(38-20-10-5-11-21-38)53-50(52-48)39-28-26-36(27-29-39)35-16-6-3-7-17-35/h2-32,48H,1,33H2,(H,51,52,53)/b34-32+. The molecule has 0 radical (unpaired) electrons. The molecule has 1 aliphatic rings. The highest BCUT2D eigenvalue weighted by Gasteiger charge is 2.24. The zero-order valence-electron chi connectivity index (χ0n) is 29.7. The summed E-state index contributed by atoms with van der Waals surface area (Å²) in [6.45, 7) is 4.27. The number of nitrogens with zero attached hydrogens (tertiary/aromatic N) is 2. The Morgan fingerprint density at radius 2 is 1.15 bits per heavy atom. The number of fused-ring (bicyclic) bond motifs is 2. The third-order valence-electron chi connectivity index (χ3n) is 10.0. The predicted molar refractivity (Wildman–Crippen MR) is 226 cm³/mol. The van der Waals surface area contributed by atoms with Crippen LogP contribution in [0.4, 0.5) is 0 Å². The Labute approximate surface area is 315 Å². The number of rotatable bonds is 9. The maximum absolute atomic E-state index is 6.65. The van der Waals surface area contributed by atoms with E-state index in [1.165, 1.54) is 22.1 Å². The van der Waals surface area contributed by atoms with Gasteiger partial charge in [-0.3, -0.25) is 0 Å². The highest BCUT2D eigenvalue weighted by Crippen LogP contribution is 2.37. The summed E-state index contributed by atoms with van der Waals surface area (Å²) in [4.78, 5) is 10.2. The maximum Gasteiger partial charge on any atom is 0.159 e. The molecule has 258 valence electrons. The first-order valence-corrected chi connectivity index (χ1v) is 18.3. The van der Waals surface area contributed by atoms with Gasteiger partial charge in [0.25, 0.3) is 0 Å². The molecule has 0 amide bonds. The Morgan fingerprint density at radius 1 is 0.574 bits per heavy atom. The fourth-order valence-corrected chi connectivity index (χ4v) is 7.37. The van der Waals surface area contributed by atoms with Crippen molar-refractivity contribution in [2.45, 2.75) is 12.6 Å². The van der Waals surface area contributed by atoms with Gasteiger partial charge in [-0.05, 0) is 56.3 Å². The normalized spacial score (nSPS) is 14.4. The van der Waals surface area contributed by atoms with Crippen LogP contribution in [0.2, 0.25) is 0 Å². The van der Waals surface area contributed by atoms with E-state index in [0.717, 1.165) is 61.3 Å². The first-order chi connectivity index (χ1) is 26.7. The monoisotopic (exact) mass is 695 g/mol. The molecule has 0 spiro atoms. The number of benzene rings is 7. The van der Waals surface area contributed by atoms with Gasteiger partial charge in [-0.15, -0.1) is 0 Å². The number of nitrogens with one attached hydrogen (secondary N) is 1. The van der Waals surface area contributed by atoms with E-state index >= 15 is 0 Å². The maximum atomic E-state index is 6.65. The van der Waals surface area contributed by atoms with E-state index in [1.807, 2.05) is 42.5 Å². The van der Waals surface area contributed by atoms with Crippen molar-refractivity contribution in [3.05, 3.63) is 217 Å². The topological polar surface area (TPSA) is 49.9 Å². The Morgan fingerprint density at radius 3 is 1.85 bits per heavy atom. The summed E-state index contributed by atoms with van der Waals surface area (Å²) in [5, 5.41) is 7.10. The summed E-state index contributed by atoms with van der Waals surface area (Å²) in [6, 6.07) is 60.9. The summed E-state index contributed by atoms with van der Waals surface area (Å²) < 4.78 is 6.65. The number of amidine groups is 2. The van der Waals surface area contributed by atoms with E-state index in [2.05, 4.69) is 157 Å². The van der Waals surface area contributed by atoms with Crippen LogP contribution in [0.3, 0.4) is 0 Å². The second-order valence-corrected chi connectivity index (χ2v) is 13.4. The van der Waals surface area contributed by atoms with Gasteiger partial charge in [-0.25, -0.2) is 9.98 Å². The molecule has 0 bridgehead atoms. The van der Waals surface area contributed by atoms with E-state index < -0.39 is 0 Å². The number of hydrogen-bond acceptors (Lipinski definition) is 4. The van der Waals surface area contributed by atoms with Crippen molar-refractivity contribution in [3.63, 3.8) is 0 Å². The van der Waals surface area contributed by atoms with Crippen molar-refractivity contribution in [1.29, 1.82) is 0 Å². The molecule has 1 N–H and O–H groups in total. The summed E-state index contributed by atoms with van der Waals surface area (Å²) in [5.74, 6) is 2.27. The fraction of sp³-hybridized carbons (Fsp3) is 0.0400. The van der Waals surface area contributed by atoms with E-state index in [-0.39, 0.29) is 6.17 Å². The number of aliphatic imine (C=N–C) groups is 2. The minimum atomic E-state index is -0.298. The van der Waals surface area contributed by atoms with Crippen molar-refractivity contribution in [2.75, 3.05) is 0 Å². The molecular formula is C50H37N3O. The fourth-order valence-electron chi connectivity index (χ4n) is 7.37. The third-order valence-corrected chi connectivity index (χ3v) is 10.0. The molecule has 0 aliphatic carbocycles. The lowest BCUT2D eigenvalue weighted by Crippen LogP contribution is -2.40. The van der Waals surface area contributed by atoms with Crippen molar-refractivity contribution in [2.24, 2.45) is 9.98 Å². The van der Waals surface area contributed by atoms with Gasteiger partial charge in [0.15, 0.2) is 5.84 Å². The van der Waals surface area contributed by atoms with Crippen molar-refractivity contribution in [3.8, 4) is 22.3 Å². The molecule has 1 atom stereocenters. The SMILES string of the molecule is C=C/C(=C\c1oc2ccccc2c1CC1N=C(c2ccccc2)N=C(c2ccc(-c3ccccc3)cc2)N1)c1ccc(-c2ccccc2)c2ccccc12. The van der Waals surface area contributed by atoms with Crippen molar-refractivity contribution >= 4 is 45.1 Å². The van der Waals surface area contributed by atoms with Crippen LogP contribution < -0.4 is 5.32 Å². The summed E-state index contributed by atoms with van der Waals surface area (Å²) >= 11 is 0. The quantitative estimate of drug-likeness (QED) is 0.153. The molecule has 1 aliphatic heterocycles. The van der Waals surface area contributed by atoms with Crippen LogP contribution in [-0.4, -0.2) is 17.8 Å². The number of furan rings is 1. The van der Waals surface area contributed by atoms with Crippen LogP contribution in [-0.2, 0) is 6.42 Å². The van der Waals surface area contributed by atoms with E-state index in [0.29, 0.717) is 12.3 Å². The summed E-state index contributed by atoms with van der Waals surface area (Å²) in [7, 11) is 0. The molecule has 1 unspecified atom stereocenters. The van der Waals surface area contributed by atoms with E-state index in [1.54, 1.807) is 0 Å². The molecule has 0 saturated carbocycles. The van der Waals surface area contributed by atoms with Crippen LogP contribution in [0.15, 0.2) is 203 Å². The minimum Gasteiger partial charge on any atom is -0.456 e. The Kier molecular flexibility index (Phi) is 8.84. The molecule has 8 aromatic rings. The van der Waals surface area contributed by atoms with Gasteiger partial charge in [0.1, 0.15) is 23.3 Å². The lowest BCUT2D eigenvalue weighted by molar-refractivity contribution is 0.581. The highest BCUT2D eigenvalue weighted by atomic mass is 16.3. The Bertz CT molecular complexity index is 2710. The molecule has 4 nitrogen and oxygen atoms in total. The van der Waals surface area contributed by atoms with Crippen molar-refractivity contribution < 1.29 is 4.42 Å². The molecule has 1 aromatic heterocycles. The zero-order valence-corrected chi connectivity index (χ0v) is 29.7. The average molecular weight is 696 g/mol. The van der Waals surface area contributed by atoms with E-state index in [4.69, 9.17) is 14.4 Å². The van der Waals surface area contributed by atoms with Gasteiger partial charge in [0.05, 0.1) is 0 Å². The van der Waals surface area contributed by atoms with Gasteiger partial charge in [0.2, 0.25) is 0 Å². The molecule has 54 heavy (non-hydrogen) atoms. The Balaban J connectivity index is 1.11. The van der Waals surface area contributed by atoms with E-state index in [9.17, 15) is 0 Å². The van der Waals surface area contributed by atoms with Crippen LogP contribution in [0.1, 0.15) is 28.0 Å². The van der Waals surface area contributed by atoms with Crippen molar-refractivity contribution in [1.82, 2.24) is 5.32 Å². The number of allylic oxidation sites excluding steroid dienone is 2. The first-order valence-electron chi connectivity index (χ1n) is 18.3. The molecule has 4 heteroatoms. The average Bonchev–Trinajstić information content (AvgIpc) is 3.59.